The summed E-state index contributed by atoms with van der Waals surface area (Å²) >= 11 is 0. The van der Waals surface area contributed by atoms with Gasteiger partial charge in [-0.1, -0.05) is 24.3 Å². The summed E-state index contributed by atoms with van der Waals surface area (Å²) in [7, 11) is -0.530. The lowest BCUT2D eigenvalue weighted by Gasteiger charge is -2.12. The summed E-state index contributed by atoms with van der Waals surface area (Å²) in [6.45, 7) is 4.02. The fraction of sp³-hybridized carbons (Fsp3) is 0.455. The summed E-state index contributed by atoms with van der Waals surface area (Å²) in [5.74, 6) is 0. The van der Waals surface area contributed by atoms with Gasteiger partial charge in [0.1, 0.15) is 7.14 Å². The van der Waals surface area contributed by atoms with E-state index in [0.29, 0.717) is 6.61 Å². The Morgan fingerprint density at radius 3 is 2.19 bits per heavy atom. The zero-order chi connectivity index (χ0) is 11.5. The van der Waals surface area contributed by atoms with Crippen LogP contribution in [0.4, 0.5) is 0 Å². The van der Waals surface area contributed by atoms with Gasteiger partial charge in [0.15, 0.2) is 0 Å². The van der Waals surface area contributed by atoms with Crippen LogP contribution in [0, 0.1) is 0 Å². The molecule has 5 heteroatoms. The first-order valence-corrected chi connectivity index (χ1v) is 7.45. The van der Waals surface area contributed by atoms with Crippen LogP contribution < -0.4 is 11.0 Å². The van der Waals surface area contributed by atoms with Gasteiger partial charge < -0.3 is 15.0 Å². The minimum absolute atomic E-state index is 0. The Morgan fingerprint density at radius 2 is 1.81 bits per heavy atom. The van der Waals surface area contributed by atoms with E-state index in [1.807, 2.05) is 24.3 Å². The highest BCUT2D eigenvalue weighted by atomic mass is 35.5. The number of methoxy groups -OCH3 is 1. The molecule has 0 aliphatic carbocycles. The van der Waals surface area contributed by atoms with E-state index in [0.717, 1.165) is 10.9 Å². The molecular formula is C11H19ClNO2P. The maximum Gasteiger partial charge on any atom is 0.109 e. The van der Waals surface area contributed by atoms with Crippen molar-refractivity contribution >= 4 is 24.9 Å². The Hall–Kier alpha value is -0.340. The Labute approximate surface area is 103 Å². The van der Waals surface area contributed by atoms with E-state index >= 15 is 0 Å². The standard InChI is InChI=1S/C11H18NO2P.ClH/c1-14-8-11(12)9-4-6-10(7-5-9)15(2,3)13;/h4-7,11H,8,12H2,1-3H3;1H. The van der Waals surface area contributed by atoms with Gasteiger partial charge in [-0.2, -0.15) is 0 Å². The minimum Gasteiger partial charge on any atom is -0.383 e. The number of nitrogens with two attached hydrogens (primary N) is 1. The van der Waals surface area contributed by atoms with Crippen molar-refractivity contribution in [2.45, 2.75) is 6.04 Å². The summed E-state index contributed by atoms with van der Waals surface area (Å²) in [6.07, 6.45) is 0. The van der Waals surface area contributed by atoms with E-state index in [1.165, 1.54) is 0 Å². The van der Waals surface area contributed by atoms with Crippen molar-refractivity contribution in [1.82, 2.24) is 0 Å². The molecule has 16 heavy (non-hydrogen) atoms. The second-order valence-electron chi connectivity index (χ2n) is 4.00. The monoisotopic (exact) mass is 263 g/mol. The molecule has 1 unspecified atom stereocenters. The normalized spacial score (nSPS) is 13.0. The Balaban J connectivity index is 0.00000225. The third-order valence-corrected chi connectivity index (χ3v) is 3.83. The molecular weight excluding hydrogens is 245 g/mol. The third kappa shape index (κ3) is 4.26. The number of benzene rings is 1. The summed E-state index contributed by atoms with van der Waals surface area (Å²) in [5, 5.41) is 0.885. The molecule has 1 aromatic carbocycles. The topological polar surface area (TPSA) is 52.3 Å². The fourth-order valence-corrected chi connectivity index (χ4v) is 2.22. The Kier molecular flexibility index (Phi) is 6.27. The maximum atomic E-state index is 11.8. The van der Waals surface area contributed by atoms with Gasteiger partial charge in [0, 0.05) is 12.4 Å². The van der Waals surface area contributed by atoms with Crippen LogP contribution in [0.1, 0.15) is 11.6 Å². The van der Waals surface area contributed by atoms with Crippen molar-refractivity contribution in [1.29, 1.82) is 0 Å². The average molecular weight is 264 g/mol. The number of hydrogen-bond donors (Lipinski definition) is 1. The van der Waals surface area contributed by atoms with Crippen LogP contribution in [0.5, 0.6) is 0 Å². The van der Waals surface area contributed by atoms with Crippen molar-refractivity contribution in [2.75, 3.05) is 27.0 Å². The number of halogens is 1. The highest BCUT2D eigenvalue weighted by Crippen LogP contribution is 2.34. The van der Waals surface area contributed by atoms with Crippen LogP contribution in [-0.4, -0.2) is 27.0 Å². The molecule has 0 amide bonds. The second-order valence-corrected chi connectivity index (χ2v) is 7.22. The minimum atomic E-state index is -2.16. The van der Waals surface area contributed by atoms with Crippen molar-refractivity contribution in [2.24, 2.45) is 5.73 Å². The van der Waals surface area contributed by atoms with Gasteiger partial charge in [-0.3, -0.25) is 0 Å². The molecule has 0 saturated carbocycles. The van der Waals surface area contributed by atoms with Gasteiger partial charge in [0.2, 0.25) is 0 Å². The van der Waals surface area contributed by atoms with Crippen molar-refractivity contribution in [3.05, 3.63) is 29.8 Å². The summed E-state index contributed by atoms with van der Waals surface area (Å²) in [6, 6.07) is 7.48. The molecule has 0 aliphatic heterocycles. The molecule has 1 aromatic rings. The first-order valence-electron chi connectivity index (χ1n) is 4.85. The van der Waals surface area contributed by atoms with Crippen LogP contribution in [-0.2, 0) is 9.30 Å². The van der Waals surface area contributed by atoms with Crippen molar-refractivity contribution < 1.29 is 9.30 Å². The van der Waals surface area contributed by atoms with Crippen LogP contribution in [0.2, 0.25) is 0 Å². The zero-order valence-electron chi connectivity index (χ0n) is 9.84. The molecule has 1 atom stereocenters. The van der Waals surface area contributed by atoms with Gasteiger partial charge in [0.05, 0.1) is 12.6 Å². The van der Waals surface area contributed by atoms with E-state index in [2.05, 4.69) is 0 Å². The van der Waals surface area contributed by atoms with E-state index in [-0.39, 0.29) is 18.4 Å². The molecule has 0 aliphatic rings. The molecule has 0 saturated heterocycles. The van der Waals surface area contributed by atoms with Crippen LogP contribution in [0.3, 0.4) is 0 Å². The first kappa shape index (κ1) is 15.7. The smallest absolute Gasteiger partial charge is 0.109 e. The number of hydrogen-bond acceptors (Lipinski definition) is 3. The van der Waals surface area contributed by atoms with Gasteiger partial charge >= 0.3 is 0 Å². The fourth-order valence-electron chi connectivity index (χ4n) is 1.36. The molecule has 3 nitrogen and oxygen atoms in total. The molecule has 2 N–H and O–H groups in total. The van der Waals surface area contributed by atoms with Crippen LogP contribution in [0.15, 0.2) is 24.3 Å². The SMILES string of the molecule is COCC(N)c1ccc(P(C)(C)=O)cc1.Cl. The lowest BCUT2D eigenvalue weighted by Crippen LogP contribution is -2.16. The largest absolute Gasteiger partial charge is 0.383 e. The van der Waals surface area contributed by atoms with Crippen molar-refractivity contribution in [3.8, 4) is 0 Å². The molecule has 92 valence electrons. The van der Waals surface area contributed by atoms with E-state index in [4.69, 9.17) is 10.5 Å². The van der Waals surface area contributed by atoms with Gasteiger partial charge in [0.25, 0.3) is 0 Å². The molecule has 1 rings (SSSR count). The van der Waals surface area contributed by atoms with Crippen LogP contribution in [0.25, 0.3) is 0 Å². The quantitative estimate of drug-likeness (QED) is 0.846. The highest BCUT2D eigenvalue weighted by Gasteiger charge is 2.11. The Morgan fingerprint density at radius 1 is 1.31 bits per heavy atom. The molecule has 0 bridgehead atoms. The summed E-state index contributed by atoms with van der Waals surface area (Å²) in [4.78, 5) is 0. The molecule has 0 radical (unpaired) electrons. The zero-order valence-corrected chi connectivity index (χ0v) is 11.6. The molecule has 0 spiro atoms. The molecule has 0 aromatic heterocycles. The predicted octanol–water partition coefficient (Wildman–Crippen LogP) is 2.00. The number of rotatable bonds is 4. The second kappa shape index (κ2) is 6.41. The van der Waals surface area contributed by atoms with Crippen LogP contribution >= 0.6 is 19.5 Å². The summed E-state index contributed by atoms with van der Waals surface area (Å²) in [5.41, 5.74) is 6.88. The lowest BCUT2D eigenvalue weighted by molar-refractivity contribution is 0.181. The maximum absolute atomic E-state index is 11.8. The highest BCUT2D eigenvalue weighted by molar-refractivity contribution is 7.70. The Bertz CT molecular complexity index is 361. The summed E-state index contributed by atoms with van der Waals surface area (Å²) < 4.78 is 16.7. The first-order chi connectivity index (χ1) is 6.95. The van der Waals surface area contributed by atoms with Gasteiger partial charge in [-0.25, -0.2) is 0 Å². The lowest BCUT2D eigenvalue weighted by atomic mass is 10.1. The average Bonchev–Trinajstić information content (AvgIpc) is 2.17. The van der Waals surface area contributed by atoms with Gasteiger partial charge in [-0.15, -0.1) is 12.4 Å². The van der Waals surface area contributed by atoms with E-state index < -0.39 is 7.14 Å². The predicted molar refractivity (Wildman–Crippen MR) is 71.6 cm³/mol. The molecule has 0 heterocycles. The molecule has 0 fully saturated rings. The number of ether oxygens (including phenoxy) is 1. The van der Waals surface area contributed by atoms with E-state index in [9.17, 15) is 4.57 Å². The van der Waals surface area contributed by atoms with E-state index in [1.54, 1.807) is 20.4 Å². The van der Waals surface area contributed by atoms with Crippen molar-refractivity contribution in [3.63, 3.8) is 0 Å². The van der Waals surface area contributed by atoms with Gasteiger partial charge in [-0.05, 0) is 18.9 Å². The third-order valence-electron chi connectivity index (χ3n) is 2.29.